The molecule has 1 aliphatic carbocycles. The van der Waals surface area contributed by atoms with E-state index in [2.05, 4.69) is 17.3 Å². The van der Waals surface area contributed by atoms with Gasteiger partial charge < -0.3 is 0 Å². The summed E-state index contributed by atoms with van der Waals surface area (Å²) in [6, 6.07) is 7.80. The molecule has 0 aromatic carbocycles. The Kier molecular flexibility index (Phi) is 1.19. The van der Waals surface area contributed by atoms with Crippen LogP contribution in [0, 0.1) is 17.5 Å². The molecule has 1 fully saturated rings. The lowest BCUT2D eigenvalue weighted by molar-refractivity contribution is 0.853. The van der Waals surface area contributed by atoms with Crippen molar-refractivity contribution in [2.75, 3.05) is 0 Å². The summed E-state index contributed by atoms with van der Waals surface area (Å²) in [5.74, 6) is 0. The van der Waals surface area contributed by atoms with E-state index in [0.717, 1.165) is 18.5 Å². The van der Waals surface area contributed by atoms with Crippen LogP contribution < -0.4 is 0 Å². The molecule has 11 heavy (non-hydrogen) atoms. The second-order valence-corrected chi connectivity index (χ2v) is 2.85. The Labute approximate surface area is 65.5 Å². The maximum Gasteiger partial charge on any atom is 0.0994 e. The minimum absolute atomic E-state index is 0.252. The lowest BCUT2D eigenvalue weighted by Gasteiger charge is -2.01. The summed E-state index contributed by atoms with van der Waals surface area (Å²) in [5, 5.41) is 8.81. The predicted octanol–water partition coefficient (Wildman–Crippen LogP) is 1.44. The number of nitrogens with zero attached hydrogens (tertiary/aromatic N) is 2. The molecular formula is C9H7N2. The fourth-order valence-electron chi connectivity index (χ4n) is 1.14. The number of nitriles is 1. The maximum atomic E-state index is 8.81. The number of hydrogen-bond donors (Lipinski definition) is 0. The average Bonchev–Trinajstić information content (AvgIpc) is 2.86. The molecule has 0 spiro atoms. The zero-order valence-electron chi connectivity index (χ0n) is 6.04. The van der Waals surface area contributed by atoms with E-state index in [9.17, 15) is 0 Å². The van der Waals surface area contributed by atoms with Gasteiger partial charge in [0.2, 0.25) is 0 Å². The minimum Gasteiger partial charge on any atom is -0.249 e. The number of pyridine rings is 1. The summed E-state index contributed by atoms with van der Waals surface area (Å²) in [7, 11) is 0. The van der Waals surface area contributed by atoms with E-state index in [1.165, 1.54) is 0 Å². The van der Waals surface area contributed by atoms with Gasteiger partial charge in [0, 0.05) is 0 Å². The molecule has 0 bridgehead atoms. The Balaban J connectivity index is 2.39. The van der Waals surface area contributed by atoms with Crippen molar-refractivity contribution in [3.63, 3.8) is 0 Å². The summed E-state index contributed by atoms with van der Waals surface area (Å²) >= 11 is 0. The first-order valence-corrected chi connectivity index (χ1v) is 3.62. The molecule has 0 atom stereocenters. The van der Waals surface area contributed by atoms with E-state index in [-0.39, 0.29) is 5.41 Å². The number of rotatable bonds is 1. The molecule has 1 aliphatic rings. The first-order valence-electron chi connectivity index (χ1n) is 3.62. The third kappa shape index (κ3) is 0.894. The highest BCUT2D eigenvalue weighted by molar-refractivity contribution is 5.33. The first kappa shape index (κ1) is 6.36. The molecule has 53 valence electrons. The van der Waals surface area contributed by atoms with Crippen LogP contribution in [0.25, 0.3) is 0 Å². The van der Waals surface area contributed by atoms with Gasteiger partial charge >= 0.3 is 0 Å². The Hall–Kier alpha value is -1.36. The van der Waals surface area contributed by atoms with E-state index in [1.54, 1.807) is 6.07 Å². The minimum atomic E-state index is -0.252. The topological polar surface area (TPSA) is 36.7 Å². The summed E-state index contributed by atoms with van der Waals surface area (Å²) in [5.41, 5.74) is 0.625. The van der Waals surface area contributed by atoms with Crippen LogP contribution in [0.3, 0.4) is 0 Å². The van der Waals surface area contributed by atoms with Crippen LogP contribution in [0.5, 0.6) is 0 Å². The molecule has 1 radical (unpaired) electrons. The van der Waals surface area contributed by atoms with E-state index >= 15 is 0 Å². The van der Waals surface area contributed by atoms with Crippen LogP contribution >= 0.6 is 0 Å². The molecule has 1 heterocycles. The van der Waals surface area contributed by atoms with Gasteiger partial charge in [-0.25, -0.2) is 4.98 Å². The first-order chi connectivity index (χ1) is 5.37. The van der Waals surface area contributed by atoms with Crippen molar-refractivity contribution >= 4 is 0 Å². The van der Waals surface area contributed by atoms with Gasteiger partial charge in [-0.1, -0.05) is 6.07 Å². The quantitative estimate of drug-likeness (QED) is 0.596. The van der Waals surface area contributed by atoms with Crippen LogP contribution in [-0.2, 0) is 5.41 Å². The standard InChI is InChI=1S/C9H7N2/c10-7-9(4-5-9)8-3-1-2-6-11-8/h1-3H,4-5H2. The zero-order chi connectivity index (χ0) is 7.73. The lowest BCUT2D eigenvalue weighted by Crippen LogP contribution is -2.04. The van der Waals surface area contributed by atoms with Gasteiger partial charge in [-0.3, -0.25) is 0 Å². The predicted molar refractivity (Wildman–Crippen MR) is 39.6 cm³/mol. The van der Waals surface area contributed by atoms with E-state index in [4.69, 9.17) is 5.26 Å². The van der Waals surface area contributed by atoms with Gasteiger partial charge in [0.25, 0.3) is 0 Å². The van der Waals surface area contributed by atoms with Crippen molar-refractivity contribution in [1.82, 2.24) is 4.98 Å². The summed E-state index contributed by atoms with van der Waals surface area (Å²) in [6.07, 6.45) is 4.65. The number of aromatic nitrogens is 1. The molecule has 1 saturated carbocycles. The number of hydrogen-bond acceptors (Lipinski definition) is 2. The Morgan fingerprint density at radius 1 is 1.64 bits per heavy atom. The van der Waals surface area contributed by atoms with E-state index in [0.29, 0.717) is 0 Å². The van der Waals surface area contributed by atoms with Crippen LogP contribution in [-0.4, -0.2) is 4.98 Å². The second-order valence-electron chi connectivity index (χ2n) is 2.85. The van der Waals surface area contributed by atoms with Crippen molar-refractivity contribution in [2.24, 2.45) is 0 Å². The van der Waals surface area contributed by atoms with Crippen LogP contribution in [0.2, 0.25) is 0 Å². The van der Waals surface area contributed by atoms with Crippen LogP contribution in [0.15, 0.2) is 18.2 Å². The molecule has 1 aromatic rings. The Morgan fingerprint density at radius 2 is 2.45 bits per heavy atom. The highest BCUT2D eigenvalue weighted by Crippen LogP contribution is 2.46. The Bertz CT molecular complexity index is 293. The SMILES string of the molecule is N#CC1(c2ccc[c]n2)CC1. The van der Waals surface area contributed by atoms with E-state index < -0.39 is 0 Å². The van der Waals surface area contributed by atoms with Gasteiger partial charge in [-0.2, -0.15) is 5.26 Å². The van der Waals surface area contributed by atoms with Gasteiger partial charge in [-0.15, -0.1) is 0 Å². The zero-order valence-corrected chi connectivity index (χ0v) is 6.04. The van der Waals surface area contributed by atoms with Gasteiger partial charge in [-0.05, 0) is 25.0 Å². The van der Waals surface area contributed by atoms with Crippen molar-refractivity contribution < 1.29 is 0 Å². The van der Waals surface area contributed by atoms with Gasteiger partial charge in [0.05, 0.1) is 23.4 Å². The normalized spacial score (nSPS) is 18.8. The smallest absolute Gasteiger partial charge is 0.0994 e. The molecule has 1 aromatic heterocycles. The van der Waals surface area contributed by atoms with Crippen molar-refractivity contribution in [2.45, 2.75) is 18.3 Å². The van der Waals surface area contributed by atoms with Crippen LogP contribution in [0.1, 0.15) is 18.5 Å². The fourth-order valence-corrected chi connectivity index (χ4v) is 1.14. The highest BCUT2D eigenvalue weighted by Gasteiger charge is 2.46. The average molecular weight is 143 g/mol. The monoisotopic (exact) mass is 143 g/mol. The summed E-state index contributed by atoms with van der Waals surface area (Å²) in [6.45, 7) is 0. The van der Waals surface area contributed by atoms with Gasteiger partial charge in [0.1, 0.15) is 0 Å². The molecule has 0 saturated heterocycles. The molecular weight excluding hydrogens is 136 g/mol. The lowest BCUT2D eigenvalue weighted by atomic mass is 10.0. The fraction of sp³-hybridized carbons (Fsp3) is 0.333. The van der Waals surface area contributed by atoms with Crippen molar-refractivity contribution in [1.29, 1.82) is 5.26 Å². The molecule has 2 nitrogen and oxygen atoms in total. The van der Waals surface area contributed by atoms with Crippen molar-refractivity contribution in [3.8, 4) is 6.07 Å². The Morgan fingerprint density at radius 3 is 2.91 bits per heavy atom. The molecule has 0 aliphatic heterocycles. The molecule has 0 unspecified atom stereocenters. The van der Waals surface area contributed by atoms with E-state index in [1.807, 2.05) is 12.1 Å². The third-order valence-corrected chi connectivity index (χ3v) is 2.06. The largest absolute Gasteiger partial charge is 0.249 e. The molecule has 0 amide bonds. The maximum absolute atomic E-state index is 8.81. The van der Waals surface area contributed by atoms with Gasteiger partial charge in [0.15, 0.2) is 0 Å². The summed E-state index contributed by atoms with van der Waals surface area (Å²) < 4.78 is 0. The van der Waals surface area contributed by atoms with Crippen molar-refractivity contribution in [3.05, 3.63) is 30.1 Å². The summed E-state index contributed by atoms with van der Waals surface area (Å²) in [4.78, 5) is 4.04. The molecule has 2 heteroatoms. The molecule has 2 rings (SSSR count). The highest BCUT2D eigenvalue weighted by atomic mass is 14.7. The van der Waals surface area contributed by atoms with Crippen LogP contribution in [0.4, 0.5) is 0 Å². The third-order valence-electron chi connectivity index (χ3n) is 2.06. The molecule has 0 N–H and O–H groups in total. The second kappa shape index (κ2) is 2.06.